The fourth-order valence-corrected chi connectivity index (χ4v) is 3.22. The van der Waals surface area contributed by atoms with E-state index in [0.717, 1.165) is 35.5 Å². The molecule has 4 nitrogen and oxygen atoms in total. The van der Waals surface area contributed by atoms with E-state index < -0.39 is 0 Å². The summed E-state index contributed by atoms with van der Waals surface area (Å²) in [6.45, 7) is 5.67. The molecule has 112 valence electrons. The van der Waals surface area contributed by atoms with Crippen molar-refractivity contribution in [2.45, 2.75) is 58.0 Å². The van der Waals surface area contributed by atoms with Crippen LogP contribution in [0.4, 0.5) is 5.82 Å². The zero-order valence-corrected chi connectivity index (χ0v) is 14.0. The monoisotopic (exact) mass is 341 g/mol. The second-order valence-electron chi connectivity index (χ2n) is 5.26. The largest absolute Gasteiger partial charge is 0.369 e. The highest BCUT2D eigenvalue weighted by Crippen LogP contribution is 2.38. The van der Waals surface area contributed by atoms with Gasteiger partial charge in [-0.15, -0.1) is 0 Å². The second-order valence-corrected chi connectivity index (χ2v) is 6.12. The highest BCUT2D eigenvalue weighted by Gasteiger charge is 2.36. The SMILES string of the molecule is CCNc1nc(C2(OCC)CCCCCC2)ncc1Br. The van der Waals surface area contributed by atoms with Crippen molar-refractivity contribution in [1.82, 2.24) is 9.97 Å². The lowest BCUT2D eigenvalue weighted by Crippen LogP contribution is -2.32. The van der Waals surface area contributed by atoms with E-state index >= 15 is 0 Å². The van der Waals surface area contributed by atoms with Crippen molar-refractivity contribution in [3.63, 3.8) is 0 Å². The molecule has 1 heterocycles. The lowest BCUT2D eigenvalue weighted by atomic mass is 9.93. The van der Waals surface area contributed by atoms with E-state index in [0.29, 0.717) is 6.61 Å². The predicted molar refractivity (Wildman–Crippen MR) is 84.9 cm³/mol. The van der Waals surface area contributed by atoms with E-state index in [1.165, 1.54) is 25.7 Å². The van der Waals surface area contributed by atoms with Crippen LogP contribution < -0.4 is 5.32 Å². The van der Waals surface area contributed by atoms with Crippen molar-refractivity contribution in [2.75, 3.05) is 18.5 Å². The third kappa shape index (κ3) is 3.50. The number of hydrogen-bond donors (Lipinski definition) is 1. The summed E-state index contributed by atoms with van der Waals surface area (Å²) in [4.78, 5) is 9.28. The molecule has 1 saturated carbocycles. The van der Waals surface area contributed by atoms with Gasteiger partial charge in [-0.25, -0.2) is 9.97 Å². The fourth-order valence-electron chi connectivity index (χ4n) is 2.89. The van der Waals surface area contributed by atoms with Crippen LogP contribution in [0.5, 0.6) is 0 Å². The van der Waals surface area contributed by atoms with Crippen molar-refractivity contribution in [3.05, 3.63) is 16.5 Å². The predicted octanol–water partition coefficient (Wildman–Crippen LogP) is 4.26. The Balaban J connectivity index is 2.34. The maximum Gasteiger partial charge on any atom is 0.162 e. The van der Waals surface area contributed by atoms with Gasteiger partial charge >= 0.3 is 0 Å². The summed E-state index contributed by atoms with van der Waals surface area (Å²) in [6.07, 6.45) is 8.83. The third-order valence-electron chi connectivity index (χ3n) is 3.83. The van der Waals surface area contributed by atoms with Crippen molar-refractivity contribution in [3.8, 4) is 0 Å². The van der Waals surface area contributed by atoms with Crippen LogP contribution in [-0.2, 0) is 10.3 Å². The molecular formula is C15H24BrN3O. The van der Waals surface area contributed by atoms with Gasteiger partial charge in [-0.05, 0) is 42.6 Å². The highest BCUT2D eigenvalue weighted by atomic mass is 79.9. The number of anilines is 1. The number of ether oxygens (including phenoxy) is 1. The van der Waals surface area contributed by atoms with E-state index in [4.69, 9.17) is 9.72 Å². The first-order valence-electron chi connectivity index (χ1n) is 7.62. The van der Waals surface area contributed by atoms with Gasteiger partial charge in [0.15, 0.2) is 5.82 Å². The lowest BCUT2D eigenvalue weighted by Gasteiger charge is -2.31. The Morgan fingerprint density at radius 3 is 2.55 bits per heavy atom. The number of rotatable bonds is 5. The quantitative estimate of drug-likeness (QED) is 0.813. The Hall–Kier alpha value is -0.680. The molecule has 2 rings (SSSR count). The van der Waals surface area contributed by atoms with E-state index in [9.17, 15) is 0 Å². The molecule has 0 aromatic carbocycles. The summed E-state index contributed by atoms with van der Waals surface area (Å²) >= 11 is 3.50. The van der Waals surface area contributed by atoms with Gasteiger partial charge in [-0.1, -0.05) is 25.7 Å². The average molecular weight is 342 g/mol. The summed E-state index contributed by atoms with van der Waals surface area (Å²) in [5.41, 5.74) is -0.296. The number of nitrogens with one attached hydrogen (secondary N) is 1. The minimum atomic E-state index is -0.296. The Morgan fingerprint density at radius 2 is 1.95 bits per heavy atom. The topological polar surface area (TPSA) is 47.0 Å². The van der Waals surface area contributed by atoms with Gasteiger partial charge in [-0.3, -0.25) is 0 Å². The highest BCUT2D eigenvalue weighted by molar-refractivity contribution is 9.10. The lowest BCUT2D eigenvalue weighted by molar-refractivity contribution is -0.0623. The second kappa shape index (κ2) is 7.36. The molecule has 0 saturated heterocycles. The van der Waals surface area contributed by atoms with Crippen molar-refractivity contribution >= 4 is 21.7 Å². The van der Waals surface area contributed by atoms with Crippen molar-refractivity contribution in [1.29, 1.82) is 0 Å². The first kappa shape index (κ1) is 15.7. The molecule has 0 atom stereocenters. The Labute approximate surface area is 129 Å². The zero-order chi connectivity index (χ0) is 14.4. The molecule has 1 N–H and O–H groups in total. The van der Waals surface area contributed by atoms with Crippen molar-refractivity contribution < 1.29 is 4.74 Å². The Bertz CT molecular complexity index is 431. The van der Waals surface area contributed by atoms with Crippen LogP contribution in [-0.4, -0.2) is 23.1 Å². The first-order chi connectivity index (χ1) is 9.72. The third-order valence-corrected chi connectivity index (χ3v) is 4.41. The van der Waals surface area contributed by atoms with E-state index in [1.807, 2.05) is 6.20 Å². The molecule has 1 aromatic rings. The number of aromatic nitrogens is 2. The first-order valence-corrected chi connectivity index (χ1v) is 8.42. The molecule has 5 heteroatoms. The summed E-state index contributed by atoms with van der Waals surface area (Å²) in [6, 6.07) is 0. The molecule has 1 aliphatic rings. The Morgan fingerprint density at radius 1 is 1.25 bits per heavy atom. The molecule has 0 unspecified atom stereocenters. The van der Waals surface area contributed by atoms with Crippen LogP contribution in [0.15, 0.2) is 10.7 Å². The molecule has 1 fully saturated rings. The summed E-state index contributed by atoms with van der Waals surface area (Å²) in [7, 11) is 0. The summed E-state index contributed by atoms with van der Waals surface area (Å²) in [5.74, 6) is 1.70. The van der Waals surface area contributed by atoms with Gasteiger partial charge in [0.1, 0.15) is 11.4 Å². The van der Waals surface area contributed by atoms with Crippen LogP contribution in [0, 0.1) is 0 Å². The minimum absolute atomic E-state index is 0.296. The van der Waals surface area contributed by atoms with Crippen LogP contribution in [0.2, 0.25) is 0 Å². The molecule has 1 aromatic heterocycles. The molecule has 0 bridgehead atoms. The standard InChI is InChI=1S/C15H24BrN3O/c1-3-17-13-12(16)11-18-14(19-13)15(20-4-2)9-7-5-6-8-10-15/h11H,3-10H2,1-2H3,(H,17,18,19). The maximum absolute atomic E-state index is 6.14. The molecule has 20 heavy (non-hydrogen) atoms. The molecule has 0 radical (unpaired) electrons. The van der Waals surface area contributed by atoms with E-state index in [1.54, 1.807) is 0 Å². The van der Waals surface area contributed by atoms with Gasteiger partial charge < -0.3 is 10.1 Å². The van der Waals surface area contributed by atoms with Gasteiger partial charge in [0.25, 0.3) is 0 Å². The minimum Gasteiger partial charge on any atom is -0.369 e. The number of hydrogen-bond acceptors (Lipinski definition) is 4. The fraction of sp³-hybridized carbons (Fsp3) is 0.733. The van der Waals surface area contributed by atoms with Crippen LogP contribution in [0.3, 0.4) is 0 Å². The molecule has 1 aliphatic carbocycles. The van der Waals surface area contributed by atoms with Crippen molar-refractivity contribution in [2.24, 2.45) is 0 Å². The van der Waals surface area contributed by atoms with Gasteiger partial charge in [-0.2, -0.15) is 0 Å². The zero-order valence-electron chi connectivity index (χ0n) is 12.4. The van der Waals surface area contributed by atoms with Crippen LogP contribution >= 0.6 is 15.9 Å². The van der Waals surface area contributed by atoms with Gasteiger partial charge in [0.2, 0.25) is 0 Å². The number of nitrogens with zero attached hydrogens (tertiary/aromatic N) is 2. The number of halogens is 1. The summed E-state index contributed by atoms with van der Waals surface area (Å²) in [5, 5.41) is 3.28. The molecule has 0 amide bonds. The molecule has 0 aliphatic heterocycles. The van der Waals surface area contributed by atoms with E-state index in [2.05, 4.69) is 40.1 Å². The van der Waals surface area contributed by atoms with Crippen LogP contribution in [0.1, 0.15) is 58.2 Å². The molecular weight excluding hydrogens is 318 g/mol. The normalized spacial score (nSPS) is 18.6. The Kier molecular flexibility index (Phi) is 5.78. The van der Waals surface area contributed by atoms with Crippen LogP contribution in [0.25, 0.3) is 0 Å². The van der Waals surface area contributed by atoms with E-state index in [-0.39, 0.29) is 5.60 Å². The van der Waals surface area contributed by atoms with Gasteiger partial charge in [0.05, 0.1) is 4.47 Å². The van der Waals surface area contributed by atoms with Gasteiger partial charge in [0, 0.05) is 19.3 Å². The summed E-state index contributed by atoms with van der Waals surface area (Å²) < 4.78 is 7.05. The average Bonchev–Trinajstić information content (AvgIpc) is 2.68. The maximum atomic E-state index is 6.14. The molecule has 0 spiro atoms. The smallest absolute Gasteiger partial charge is 0.162 e.